The molecule has 2 aromatic rings. The van der Waals surface area contributed by atoms with Crippen LogP contribution in [0.15, 0.2) is 42.5 Å². The molecule has 0 atom stereocenters. The molecule has 3 N–H and O–H groups in total. The molecule has 7 heteroatoms. The lowest BCUT2D eigenvalue weighted by atomic mass is 10.1. The van der Waals surface area contributed by atoms with E-state index in [2.05, 4.69) is 16.2 Å². The van der Waals surface area contributed by atoms with E-state index >= 15 is 0 Å². The quantitative estimate of drug-likeness (QED) is 0.640. The number of rotatable bonds is 7. The molecule has 0 fully saturated rings. The number of ether oxygens (including phenoxy) is 1. The van der Waals surface area contributed by atoms with Crippen molar-refractivity contribution in [3.05, 3.63) is 59.2 Å². The van der Waals surface area contributed by atoms with Gasteiger partial charge in [-0.05, 0) is 50.1 Å². The number of carbonyl (C=O) groups excluding carboxylic acids is 3. The van der Waals surface area contributed by atoms with Gasteiger partial charge in [-0.25, -0.2) is 0 Å². The normalized spacial score (nSPS) is 10.1. The van der Waals surface area contributed by atoms with Crippen LogP contribution in [-0.4, -0.2) is 24.3 Å². The van der Waals surface area contributed by atoms with Gasteiger partial charge in [0, 0.05) is 18.5 Å². The molecule has 0 aliphatic rings. The van der Waals surface area contributed by atoms with Crippen LogP contribution in [0, 0.1) is 20.8 Å². The van der Waals surface area contributed by atoms with Gasteiger partial charge in [-0.15, -0.1) is 0 Å². The van der Waals surface area contributed by atoms with Crippen LogP contribution < -0.4 is 20.9 Å². The first-order valence-electron chi connectivity index (χ1n) is 8.98. The zero-order chi connectivity index (χ0) is 20.5. The van der Waals surface area contributed by atoms with E-state index in [0.717, 1.165) is 22.4 Å². The molecular formula is C21H25N3O4. The number of anilines is 1. The SMILES string of the molecule is Cc1ccc(OCC(=O)NNC(=O)CCC(=O)Nc2cc(C)ccc2C)cc1. The summed E-state index contributed by atoms with van der Waals surface area (Å²) in [6.45, 7) is 5.56. The summed E-state index contributed by atoms with van der Waals surface area (Å²) in [4.78, 5) is 35.5. The Hall–Kier alpha value is -3.35. The van der Waals surface area contributed by atoms with Crippen LogP contribution in [0.5, 0.6) is 5.75 Å². The Labute approximate surface area is 164 Å². The highest BCUT2D eigenvalue weighted by Gasteiger charge is 2.10. The van der Waals surface area contributed by atoms with Crippen molar-refractivity contribution < 1.29 is 19.1 Å². The summed E-state index contributed by atoms with van der Waals surface area (Å²) in [5.74, 6) is -0.651. The van der Waals surface area contributed by atoms with Crippen molar-refractivity contribution in [3.8, 4) is 5.75 Å². The largest absolute Gasteiger partial charge is 0.484 e. The van der Waals surface area contributed by atoms with E-state index in [1.807, 2.05) is 51.1 Å². The molecule has 0 aliphatic heterocycles. The van der Waals surface area contributed by atoms with Gasteiger partial charge in [-0.3, -0.25) is 25.2 Å². The van der Waals surface area contributed by atoms with Gasteiger partial charge in [-0.2, -0.15) is 0 Å². The second kappa shape index (κ2) is 10.1. The van der Waals surface area contributed by atoms with Crippen LogP contribution >= 0.6 is 0 Å². The zero-order valence-corrected chi connectivity index (χ0v) is 16.3. The molecule has 0 heterocycles. The average molecular weight is 383 g/mol. The highest BCUT2D eigenvalue weighted by Crippen LogP contribution is 2.16. The molecule has 0 radical (unpaired) electrons. The summed E-state index contributed by atoms with van der Waals surface area (Å²) in [5.41, 5.74) is 8.33. The predicted molar refractivity (Wildman–Crippen MR) is 107 cm³/mol. The molecule has 7 nitrogen and oxygen atoms in total. The Kier molecular flexibility index (Phi) is 7.56. The van der Waals surface area contributed by atoms with Crippen LogP contribution in [-0.2, 0) is 14.4 Å². The molecule has 2 rings (SSSR count). The van der Waals surface area contributed by atoms with Crippen molar-refractivity contribution in [2.45, 2.75) is 33.6 Å². The first-order valence-corrected chi connectivity index (χ1v) is 8.98. The van der Waals surface area contributed by atoms with Crippen molar-refractivity contribution in [1.29, 1.82) is 0 Å². The van der Waals surface area contributed by atoms with E-state index in [1.165, 1.54) is 0 Å². The van der Waals surface area contributed by atoms with Gasteiger partial charge < -0.3 is 10.1 Å². The van der Waals surface area contributed by atoms with Crippen LogP contribution in [0.3, 0.4) is 0 Å². The van der Waals surface area contributed by atoms with Crippen molar-refractivity contribution >= 4 is 23.4 Å². The predicted octanol–water partition coefficient (Wildman–Crippen LogP) is 2.56. The summed E-state index contributed by atoms with van der Waals surface area (Å²) in [7, 11) is 0. The maximum absolute atomic E-state index is 12.0. The minimum Gasteiger partial charge on any atom is -0.484 e. The van der Waals surface area contributed by atoms with Crippen molar-refractivity contribution in [2.24, 2.45) is 0 Å². The van der Waals surface area contributed by atoms with E-state index in [-0.39, 0.29) is 25.4 Å². The molecule has 148 valence electrons. The van der Waals surface area contributed by atoms with E-state index in [4.69, 9.17) is 4.74 Å². The van der Waals surface area contributed by atoms with Crippen molar-refractivity contribution in [1.82, 2.24) is 10.9 Å². The molecule has 3 amide bonds. The first-order chi connectivity index (χ1) is 13.3. The monoisotopic (exact) mass is 383 g/mol. The molecule has 0 aromatic heterocycles. The van der Waals surface area contributed by atoms with Gasteiger partial charge in [-0.1, -0.05) is 29.8 Å². The van der Waals surface area contributed by atoms with E-state index in [9.17, 15) is 14.4 Å². The minimum atomic E-state index is -0.492. The number of hydrogen-bond acceptors (Lipinski definition) is 4. The lowest BCUT2D eigenvalue weighted by Gasteiger charge is -2.10. The molecule has 2 aromatic carbocycles. The molecule has 0 spiro atoms. The van der Waals surface area contributed by atoms with Gasteiger partial charge in [0.15, 0.2) is 6.61 Å². The Morgan fingerprint density at radius 1 is 0.786 bits per heavy atom. The fraction of sp³-hybridized carbons (Fsp3) is 0.286. The Balaban J connectivity index is 1.66. The molecule has 0 saturated heterocycles. The summed E-state index contributed by atoms with van der Waals surface area (Å²) >= 11 is 0. The molecule has 0 aliphatic carbocycles. The fourth-order valence-electron chi connectivity index (χ4n) is 2.33. The first kappa shape index (κ1) is 21.0. The number of benzene rings is 2. The van der Waals surface area contributed by atoms with Crippen LogP contribution in [0.2, 0.25) is 0 Å². The molecule has 0 bridgehead atoms. The average Bonchev–Trinajstić information content (AvgIpc) is 2.67. The van der Waals surface area contributed by atoms with Gasteiger partial charge >= 0.3 is 0 Å². The lowest BCUT2D eigenvalue weighted by Crippen LogP contribution is -2.44. The third-order valence-electron chi connectivity index (χ3n) is 3.98. The molecule has 0 unspecified atom stereocenters. The van der Waals surface area contributed by atoms with Gasteiger partial charge in [0.1, 0.15) is 5.75 Å². The summed E-state index contributed by atoms with van der Waals surface area (Å²) in [6, 6.07) is 13.0. The Morgan fingerprint density at radius 2 is 1.39 bits per heavy atom. The molecule has 28 heavy (non-hydrogen) atoms. The van der Waals surface area contributed by atoms with Crippen molar-refractivity contribution in [3.63, 3.8) is 0 Å². The second-order valence-electron chi connectivity index (χ2n) is 6.56. The molecular weight excluding hydrogens is 358 g/mol. The number of amides is 3. The Bertz CT molecular complexity index is 847. The minimum absolute atomic E-state index is 0.00888. The Morgan fingerprint density at radius 3 is 2.11 bits per heavy atom. The highest BCUT2D eigenvalue weighted by molar-refractivity contribution is 5.94. The standard InChI is InChI=1S/C21H25N3O4/c1-14-5-8-17(9-6-14)28-13-21(27)24-23-20(26)11-10-19(25)22-18-12-15(2)4-7-16(18)3/h4-9,12H,10-11,13H2,1-3H3,(H,22,25)(H,23,26)(H,24,27). The van der Waals surface area contributed by atoms with E-state index < -0.39 is 11.8 Å². The van der Waals surface area contributed by atoms with Crippen LogP contribution in [0.4, 0.5) is 5.69 Å². The van der Waals surface area contributed by atoms with Crippen LogP contribution in [0.1, 0.15) is 29.5 Å². The maximum atomic E-state index is 12.0. The summed E-state index contributed by atoms with van der Waals surface area (Å²) < 4.78 is 5.31. The number of carbonyl (C=O) groups is 3. The zero-order valence-electron chi connectivity index (χ0n) is 16.3. The summed E-state index contributed by atoms with van der Waals surface area (Å²) in [5, 5.41) is 2.79. The van der Waals surface area contributed by atoms with E-state index in [0.29, 0.717) is 5.75 Å². The highest BCUT2D eigenvalue weighted by atomic mass is 16.5. The smallest absolute Gasteiger partial charge is 0.276 e. The van der Waals surface area contributed by atoms with Gasteiger partial charge in [0.25, 0.3) is 5.91 Å². The van der Waals surface area contributed by atoms with Gasteiger partial charge in [0.2, 0.25) is 11.8 Å². The van der Waals surface area contributed by atoms with Crippen LogP contribution in [0.25, 0.3) is 0 Å². The fourth-order valence-corrected chi connectivity index (χ4v) is 2.33. The van der Waals surface area contributed by atoms with Crippen molar-refractivity contribution in [2.75, 3.05) is 11.9 Å². The number of hydrogen-bond donors (Lipinski definition) is 3. The van der Waals surface area contributed by atoms with Gasteiger partial charge in [0.05, 0.1) is 0 Å². The van der Waals surface area contributed by atoms with E-state index in [1.54, 1.807) is 12.1 Å². The summed E-state index contributed by atoms with van der Waals surface area (Å²) in [6.07, 6.45) is -0.0370. The number of nitrogens with one attached hydrogen (secondary N) is 3. The second-order valence-corrected chi connectivity index (χ2v) is 6.56. The maximum Gasteiger partial charge on any atom is 0.276 e. The molecule has 0 saturated carbocycles. The third-order valence-corrected chi connectivity index (χ3v) is 3.98. The number of aryl methyl sites for hydroxylation is 3. The lowest BCUT2D eigenvalue weighted by molar-refractivity contribution is -0.130. The number of hydrazine groups is 1. The topological polar surface area (TPSA) is 96.5 Å². The third kappa shape index (κ3) is 7.11.